The molecule has 9 nitrogen and oxygen atoms in total. The molecule has 0 unspecified atom stereocenters. The highest BCUT2D eigenvalue weighted by atomic mass is 19.1. The van der Waals surface area contributed by atoms with Crippen molar-refractivity contribution in [2.24, 2.45) is 7.05 Å². The van der Waals surface area contributed by atoms with Crippen LogP contribution in [0.2, 0.25) is 0 Å². The molecule has 1 saturated heterocycles. The number of hydrogen-bond acceptors (Lipinski definition) is 5. The lowest BCUT2D eigenvalue weighted by atomic mass is 10.1. The van der Waals surface area contributed by atoms with Crippen molar-refractivity contribution in [1.82, 2.24) is 14.7 Å². The number of carbonyl (C=O) groups excluding carboxylic acids is 2. The minimum atomic E-state index is -0.566. The first-order valence-corrected chi connectivity index (χ1v) is 12.2. The van der Waals surface area contributed by atoms with E-state index in [1.807, 2.05) is 33.9 Å². The second-order valence-electron chi connectivity index (χ2n) is 9.92. The van der Waals surface area contributed by atoms with Crippen LogP contribution in [0.15, 0.2) is 54.7 Å². The molecule has 10 heteroatoms. The molecule has 0 radical (unpaired) electrons. The number of urea groups is 1. The molecular weight excluding hydrogens is 477 g/mol. The van der Waals surface area contributed by atoms with E-state index in [0.717, 1.165) is 24.1 Å². The van der Waals surface area contributed by atoms with E-state index in [-0.39, 0.29) is 18.0 Å². The Hall–Kier alpha value is -4.08. The Morgan fingerprint density at radius 2 is 1.78 bits per heavy atom. The summed E-state index contributed by atoms with van der Waals surface area (Å²) in [6.45, 7) is 6.48. The number of hydrogen-bond donors (Lipinski definition) is 2. The molecule has 0 spiro atoms. The number of ether oxygens (including phenoxy) is 2. The Bertz CT molecular complexity index is 1250. The molecule has 0 saturated carbocycles. The molecule has 0 bridgehead atoms. The fraction of sp³-hybridized carbons (Fsp3) is 0.370. The van der Waals surface area contributed by atoms with Crippen molar-refractivity contribution in [1.29, 1.82) is 0 Å². The summed E-state index contributed by atoms with van der Waals surface area (Å²) >= 11 is 0. The average Bonchev–Trinajstić information content (AvgIpc) is 3.47. The smallest absolute Gasteiger partial charge is 0.410 e. The lowest BCUT2D eigenvalue weighted by molar-refractivity contribution is 0.0187. The third-order valence-corrected chi connectivity index (χ3v) is 5.87. The largest absolute Gasteiger partial charge is 0.491 e. The van der Waals surface area contributed by atoms with Gasteiger partial charge in [-0.15, -0.1) is 0 Å². The third kappa shape index (κ3) is 6.78. The summed E-state index contributed by atoms with van der Waals surface area (Å²) in [4.78, 5) is 26.9. The summed E-state index contributed by atoms with van der Waals surface area (Å²) in [6, 6.07) is 12.1. The summed E-state index contributed by atoms with van der Waals surface area (Å²) in [5, 5.41) is 9.73. The van der Waals surface area contributed by atoms with Gasteiger partial charge in [-0.05, 0) is 82.1 Å². The average molecular weight is 510 g/mol. The van der Waals surface area contributed by atoms with Crippen molar-refractivity contribution in [3.05, 3.63) is 60.5 Å². The van der Waals surface area contributed by atoms with Crippen LogP contribution >= 0.6 is 0 Å². The number of carbonyl (C=O) groups is 2. The number of aryl methyl sites for hydroxylation is 1. The van der Waals surface area contributed by atoms with E-state index in [0.29, 0.717) is 30.3 Å². The van der Waals surface area contributed by atoms with Crippen molar-refractivity contribution >= 4 is 23.5 Å². The lowest BCUT2D eigenvalue weighted by Crippen LogP contribution is -2.42. The van der Waals surface area contributed by atoms with Crippen LogP contribution in [0.25, 0.3) is 11.3 Å². The molecule has 2 aromatic carbocycles. The van der Waals surface area contributed by atoms with E-state index < -0.39 is 11.6 Å². The van der Waals surface area contributed by atoms with E-state index in [2.05, 4.69) is 15.7 Å². The molecule has 1 aromatic heterocycles. The highest BCUT2D eigenvalue weighted by molar-refractivity contribution is 6.00. The van der Waals surface area contributed by atoms with Crippen LogP contribution < -0.4 is 15.4 Å². The summed E-state index contributed by atoms with van der Waals surface area (Å²) in [6.07, 6.45) is 3.05. The maximum absolute atomic E-state index is 13.1. The maximum atomic E-state index is 13.1. The summed E-state index contributed by atoms with van der Waals surface area (Å²) in [5.41, 5.74) is 1.98. The topological polar surface area (TPSA) is 97.7 Å². The molecule has 1 atom stereocenters. The van der Waals surface area contributed by atoms with E-state index in [1.165, 1.54) is 24.3 Å². The molecule has 1 fully saturated rings. The zero-order valence-electron chi connectivity index (χ0n) is 21.5. The first-order chi connectivity index (χ1) is 17.6. The lowest BCUT2D eigenvalue weighted by Gasteiger charge is -2.28. The number of nitrogens with zero attached hydrogens (tertiary/aromatic N) is 3. The van der Waals surface area contributed by atoms with Crippen LogP contribution in [0, 0.1) is 5.82 Å². The van der Waals surface area contributed by atoms with Gasteiger partial charge < -0.3 is 25.0 Å². The van der Waals surface area contributed by atoms with Crippen molar-refractivity contribution < 1.29 is 23.5 Å². The Morgan fingerprint density at radius 3 is 2.46 bits per heavy atom. The maximum Gasteiger partial charge on any atom is 0.410 e. The molecule has 3 aromatic rings. The predicted octanol–water partition coefficient (Wildman–Crippen LogP) is 5.65. The van der Waals surface area contributed by atoms with Gasteiger partial charge in [-0.25, -0.2) is 14.0 Å². The van der Waals surface area contributed by atoms with Gasteiger partial charge in [-0.3, -0.25) is 4.68 Å². The SMILES string of the molecule is Cn1nccc1-c1cc(NC(=O)Nc2ccc(F)cc2)ccc1OC[C@@H]1CCCN1C(=O)OC(C)(C)C. The number of benzene rings is 2. The van der Waals surface area contributed by atoms with Gasteiger partial charge in [0.25, 0.3) is 0 Å². The molecule has 1 aliphatic heterocycles. The van der Waals surface area contributed by atoms with Gasteiger partial charge >= 0.3 is 12.1 Å². The minimum absolute atomic E-state index is 0.103. The zero-order chi connectivity index (χ0) is 26.6. The fourth-order valence-electron chi connectivity index (χ4n) is 4.15. The van der Waals surface area contributed by atoms with Crippen molar-refractivity contribution in [2.75, 3.05) is 23.8 Å². The van der Waals surface area contributed by atoms with Crippen molar-refractivity contribution in [3.63, 3.8) is 0 Å². The minimum Gasteiger partial charge on any atom is -0.491 e. The predicted molar refractivity (Wildman–Crippen MR) is 139 cm³/mol. The number of rotatable bonds is 6. The standard InChI is InChI=1S/C27H32FN5O4/c1-27(2,3)37-26(35)33-15-5-6-21(33)17-36-24-12-11-20(16-22(24)23-13-14-29-32(23)4)31-25(34)30-19-9-7-18(28)8-10-19/h7-14,16,21H,5-6,15,17H2,1-4H3,(H2,30,31,34)/t21-/m0/s1. The Labute approximate surface area is 215 Å². The van der Waals surface area contributed by atoms with Crippen LogP contribution in [0.1, 0.15) is 33.6 Å². The highest BCUT2D eigenvalue weighted by Gasteiger charge is 2.32. The molecule has 3 amide bonds. The first-order valence-electron chi connectivity index (χ1n) is 12.2. The first kappa shape index (κ1) is 26.0. The number of anilines is 2. The number of aromatic nitrogens is 2. The molecule has 0 aliphatic carbocycles. The number of likely N-dealkylation sites (tertiary alicyclic amines) is 1. The van der Waals surface area contributed by atoms with E-state index in [1.54, 1.807) is 34.0 Å². The van der Waals surface area contributed by atoms with Crippen LogP contribution in [-0.2, 0) is 11.8 Å². The van der Waals surface area contributed by atoms with Crippen LogP contribution in [-0.4, -0.2) is 51.6 Å². The quantitative estimate of drug-likeness (QED) is 0.448. The second kappa shape index (κ2) is 10.9. The highest BCUT2D eigenvalue weighted by Crippen LogP contribution is 2.33. The molecule has 4 rings (SSSR count). The molecule has 2 heterocycles. The third-order valence-electron chi connectivity index (χ3n) is 5.87. The number of amides is 3. The molecule has 37 heavy (non-hydrogen) atoms. The van der Waals surface area contributed by atoms with Crippen LogP contribution in [0.4, 0.5) is 25.4 Å². The van der Waals surface area contributed by atoms with E-state index in [4.69, 9.17) is 9.47 Å². The van der Waals surface area contributed by atoms with Gasteiger partial charge in [-0.2, -0.15) is 5.10 Å². The van der Waals surface area contributed by atoms with E-state index in [9.17, 15) is 14.0 Å². The van der Waals surface area contributed by atoms with Gasteiger partial charge in [0.2, 0.25) is 0 Å². The molecule has 1 aliphatic rings. The normalized spacial score (nSPS) is 15.4. The molecule has 196 valence electrons. The van der Waals surface area contributed by atoms with Gasteiger partial charge in [0.1, 0.15) is 23.8 Å². The van der Waals surface area contributed by atoms with Crippen molar-refractivity contribution in [2.45, 2.75) is 45.3 Å². The van der Waals surface area contributed by atoms with Gasteiger partial charge in [0.05, 0.1) is 11.7 Å². The monoisotopic (exact) mass is 509 g/mol. The summed E-state index contributed by atoms with van der Waals surface area (Å²) in [7, 11) is 1.82. The summed E-state index contributed by atoms with van der Waals surface area (Å²) in [5.74, 6) is 0.221. The summed E-state index contributed by atoms with van der Waals surface area (Å²) < 4.78 is 26.6. The molecular formula is C27H32FN5O4. The molecule has 2 N–H and O–H groups in total. The fourth-order valence-corrected chi connectivity index (χ4v) is 4.15. The zero-order valence-corrected chi connectivity index (χ0v) is 21.5. The number of nitrogens with one attached hydrogen (secondary N) is 2. The number of halogens is 1. The van der Waals surface area contributed by atoms with Gasteiger partial charge in [-0.1, -0.05) is 0 Å². The van der Waals surface area contributed by atoms with Crippen LogP contribution in [0.5, 0.6) is 5.75 Å². The van der Waals surface area contributed by atoms with E-state index >= 15 is 0 Å². The van der Waals surface area contributed by atoms with Crippen molar-refractivity contribution in [3.8, 4) is 17.0 Å². The van der Waals surface area contributed by atoms with Crippen LogP contribution in [0.3, 0.4) is 0 Å². The van der Waals surface area contributed by atoms with Gasteiger partial charge in [0.15, 0.2) is 0 Å². The van der Waals surface area contributed by atoms with Gasteiger partial charge in [0, 0.05) is 36.7 Å². The Balaban J connectivity index is 1.49. The second-order valence-corrected chi connectivity index (χ2v) is 9.92. The Kier molecular flexibility index (Phi) is 7.66. The Morgan fingerprint density at radius 1 is 1.08 bits per heavy atom.